The zero-order valence-corrected chi connectivity index (χ0v) is 8.74. The minimum Gasteiger partial charge on any atom is -0.384 e. The summed E-state index contributed by atoms with van der Waals surface area (Å²) >= 11 is 1.69. The van der Waals surface area contributed by atoms with Crippen LogP contribution >= 0.6 is 11.3 Å². The first-order chi connectivity index (χ1) is 5.62. The average Bonchev–Trinajstić information content (AvgIpc) is 2.51. The third-order valence-corrected chi connectivity index (χ3v) is 3.56. The molecule has 0 aliphatic rings. The summed E-state index contributed by atoms with van der Waals surface area (Å²) in [6.07, 6.45) is 1.59. The van der Waals surface area contributed by atoms with E-state index < -0.39 is 5.60 Å². The van der Waals surface area contributed by atoms with Crippen molar-refractivity contribution >= 4 is 11.3 Å². The lowest BCUT2D eigenvalue weighted by atomic mass is 9.96. The molecular weight excluding hydrogens is 168 g/mol. The standard InChI is InChI=1S/C10H16OS/c1-4-10(11,5-2)9-7-6-8(3)12-9/h6-7,11H,4-5H2,1-3H3. The molecule has 1 nitrogen and oxygen atoms in total. The molecular formula is C10H16OS. The van der Waals surface area contributed by atoms with Crippen LogP contribution in [0.5, 0.6) is 0 Å². The van der Waals surface area contributed by atoms with Crippen molar-refractivity contribution in [3.05, 3.63) is 21.9 Å². The Hall–Kier alpha value is -0.340. The van der Waals surface area contributed by atoms with E-state index in [1.54, 1.807) is 11.3 Å². The molecule has 12 heavy (non-hydrogen) atoms. The van der Waals surface area contributed by atoms with E-state index in [9.17, 15) is 5.11 Å². The van der Waals surface area contributed by atoms with Crippen molar-refractivity contribution in [3.8, 4) is 0 Å². The second kappa shape index (κ2) is 3.58. The fourth-order valence-electron chi connectivity index (χ4n) is 1.28. The van der Waals surface area contributed by atoms with E-state index in [-0.39, 0.29) is 0 Å². The van der Waals surface area contributed by atoms with Crippen molar-refractivity contribution in [3.63, 3.8) is 0 Å². The highest BCUT2D eigenvalue weighted by molar-refractivity contribution is 7.12. The molecule has 0 atom stereocenters. The molecule has 1 N–H and O–H groups in total. The normalized spacial score (nSPS) is 12.0. The zero-order valence-electron chi connectivity index (χ0n) is 7.92. The maximum atomic E-state index is 10.1. The molecule has 0 aliphatic heterocycles. The Bertz CT molecular complexity index is 248. The molecule has 0 amide bonds. The van der Waals surface area contributed by atoms with Gasteiger partial charge in [0.1, 0.15) is 0 Å². The van der Waals surface area contributed by atoms with E-state index in [1.165, 1.54) is 4.88 Å². The van der Waals surface area contributed by atoms with Crippen molar-refractivity contribution in [1.82, 2.24) is 0 Å². The van der Waals surface area contributed by atoms with Gasteiger partial charge in [0.05, 0.1) is 5.60 Å². The van der Waals surface area contributed by atoms with Gasteiger partial charge in [-0.1, -0.05) is 13.8 Å². The highest BCUT2D eigenvalue weighted by atomic mass is 32.1. The van der Waals surface area contributed by atoms with Crippen LogP contribution in [0.15, 0.2) is 12.1 Å². The fourth-order valence-corrected chi connectivity index (χ4v) is 2.38. The molecule has 0 saturated carbocycles. The van der Waals surface area contributed by atoms with E-state index in [0.29, 0.717) is 0 Å². The quantitative estimate of drug-likeness (QED) is 0.765. The van der Waals surface area contributed by atoms with Crippen LogP contribution in [-0.4, -0.2) is 5.11 Å². The van der Waals surface area contributed by atoms with Gasteiger partial charge < -0.3 is 5.11 Å². The summed E-state index contributed by atoms with van der Waals surface area (Å²) in [7, 11) is 0. The maximum Gasteiger partial charge on any atom is 0.0982 e. The van der Waals surface area contributed by atoms with Gasteiger partial charge in [-0.2, -0.15) is 0 Å². The Morgan fingerprint density at radius 2 is 1.92 bits per heavy atom. The SMILES string of the molecule is CCC(O)(CC)c1ccc(C)s1. The topological polar surface area (TPSA) is 20.2 Å². The molecule has 0 aromatic carbocycles. The molecule has 1 rings (SSSR count). The van der Waals surface area contributed by atoms with Crippen LogP contribution in [0.1, 0.15) is 36.4 Å². The Morgan fingerprint density at radius 3 is 2.25 bits per heavy atom. The maximum absolute atomic E-state index is 10.1. The van der Waals surface area contributed by atoms with Gasteiger partial charge >= 0.3 is 0 Å². The van der Waals surface area contributed by atoms with Gasteiger partial charge in [-0.15, -0.1) is 11.3 Å². The summed E-state index contributed by atoms with van der Waals surface area (Å²) in [4.78, 5) is 2.37. The molecule has 0 bridgehead atoms. The summed E-state index contributed by atoms with van der Waals surface area (Å²) in [5.41, 5.74) is -0.584. The molecule has 0 fully saturated rings. The first-order valence-corrected chi connectivity index (χ1v) is 5.23. The summed E-state index contributed by atoms with van der Waals surface area (Å²) in [6, 6.07) is 4.10. The second-order valence-corrected chi connectivity index (χ2v) is 4.44. The predicted molar refractivity (Wildman–Crippen MR) is 53.5 cm³/mol. The van der Waals surface area contributed by atoms with Crippen LogP contribution in [0.3, 0.4) is 0 Å². The predicted octanol–water partition coefficient (Wildman–Crippen LogP) is 3.06. The van der Waals surface area contributed by atoms with Crippen molar-refractivity contribution in [1.29, 1.82) is 0 Å². The minimum atomic E-state index is -0.584. The number of thiophene rings is 1. The van der Waals surface area contributed by atoms with E-state index in [0.717, 1.165) is 17.7 Å². The molecule has 0 saturated heterocycles. The molecule has 1 aromatic heterocycles. The van der Waals surface area contributed by atoms with Crippen molar-refractivity contribution < 1.29 is 5.11 Å². The van der Waals surface area contributed by atoms with Crippen molar-refractivity contribution in [2.45, 2.75) is 39.2 Å². The highest BCUT2D eigenvalue weighted by Crippen LogP contribution is 2.33. The molecule has 0 spiro atoms. The van der Waals surface area contributed by atoms with E-state index in [2.05, 4.69) is 13.0 Å². The minimum absolute atomic E-state index is 0.584. The third kappa shape index (κ3) is 1.70. The Kier molecular flexibility index (Phi) is 2.91. The van der Waals surface area contributed by atoms with Crippen LogP contribution in [0, 0.1) is 6.92 Å². The Balaban J connectivity index is 2.94. The second-order valence-electron chi connectivity index (χ2n) is 3.15. The molecule has 0 radical (unpaired) electrons. The van der Waals surface area contributed by atoms with Crippen LogP contribution in [0.2, 0.25) is 0 Å². The number of rotatable bonds is 3. The lowest BCUT2D eigenvalue weighted by molar-refractivity contribution is 0.0321. The number of hydrogen-bond donors (Lipinski definition) is 1. The first-order valence-electron chi connectivity index (χ1n) is 4.41. The largest absolute Gasteiger partial charge is 0.384 e. The Labute approximate surface area is 78.1 Å². The van der Waals surface area contributed by atoms with E-state index in [1.807, 2.05) is 19.9 Å². The van der Waals surface area contributed by atoms with E-state index in [4.69, 9.17) is 0 Å². The van der Waals surface area contributed by atoms with Crippen molar-refractivity contribution in [2.75, 3.05) is 0 Å². The molecule has 0 aliphatic carbocycles. The summed E-state index contributed by atoms with van der Waals surface area (Å²) < 4.78 is 0. The first kappa shape index (κ1) is 9.75. The number of aryl methyl sites for hydroxylation is 1. The molecule has 2 heteroatoms. The van der Waals surface area contributed by atoms with Crippen molar-refractivity contribution in [2.24, 2.45) is 0 Å². The zero-order chi connectivity index (χ0) is 9.19. The Morgan fingerprint density at radius 1 is 1.33 bits per heavy atom. The number of hydrogen-bond acceptors (Lipinski definition) is 2. The highest BCUT2D eigenvalue weighted by Gasteiger charge is 2.25. The summed E-state index contributed by atoms with van der Waals surface area (Å²) in [5, 5.41) is 10.1. The van der Waals surface area contributed by atoms with E-state index >= 15 is 0 Å². The van der Waals surface area contributed by atoms with Crippen LogP contribution in [0.25, 0.3) is 0 Å². The summed E-state index contributed by atoms with van der Waals surface area (Å²) in [6.45, 7) is 6.12. The van der Waals surface area contributed by atoms with Gasteiger partial charge in [0.2, 0.25) is 0 Å². The molecule has 0 unspecified atom stereocenters. The van der Waals surface area contributed by atoms with Crippen LogP contribution in [-0.2, 0) is 5.60 Å². The lowest BCUT2D eigenvalue weighted by Gasteiger charge is -2.23. The van der Waals surface area contributed by atoms with Gasteiger partial charge in [0, 0.05) is 9.75 Å². The monoisotopic (exact) mass is 184 g/mol. The summed E-state index contributed by atoms with van der Waals surface area (Å²) in [5.74, 6) is 0. The van der Waals surface area contributed by atoms with Gasteiger partial charge in [0.15, 0.2) is 0 Å². The van der Waals surface area contributed by atoms with Gasteiger partial charge in [-0.25, -0.2) is 0 Å². The lowest BCUT2D eigenvalue weighted by Crippen LogP contribution is -2.21. The molecule has 68 valence electrons. The molecule has 1 heterocycles. The van der Waals surface area contributed by atoms with Gasteiger partial charge in [-0.05, 0) is 31.9 Å². The van der Waals surface area contributed by atoms with Gasteiger partial charge in [0.25, 0.3) is 0 Å². The van der Waals surface area contributed by atoms with Gasteiger partial charge in [-0.3, -0.25) is 0 Å². The third-order valence-electron chi connectivity index (χ3n) is 2.37. The van der Waals surface area contributed by atoms with Crippen LogP contribution < -0.4 is 0 Å². The fraction of sp³-hybridized carbons (Fsp3) is 0.600. The molecule has 1 aromatic rings. The average molecular weight is 184 g/mol. The smallest absolute Gasteiger partial charge is 0.0982 e. The number of aliphatic hydroxyl groups is 1. The van der Waals surface area contributed by atoms with Crippen LogP contribution in [0.4, 0.5) is 0 Å².